The molecule has 0 saturated carbocycles. The van der Waals surface area contributed by atoms with E-state index in [4.69, 9.17) is 4.74 Å². The molecule has 0 aliphatic carbocycles. The third-order valence-electron chi connectivity index (χ3n) is 4.55. The molecule has 5 nitrogen and oxygen atoms in total. The molecule has 1 aromatic heterocycles. The van der Waals surface area contributed by atoms with Gasteiger partial charge in [0.05, 0.1) is 18.8 Å². The maximum absolute atomic E-state index is 12.9. The Bertz CT molecular complexity index is 1050. The van der Waals surface area contributed by atoms with Gasteiger partial charge in [0.25, 0.3) is 11.5 Å². The lowest BCUT2D eigenvalue weighted by atomic mass is 10.1. The Hall–Kier alpha value is -3.34. The van der Waals surface area contributed by atoms with E-state index in [2.05, 4.69) is 11.4 Å². The van der Waals surface area contributed by atoms with Crippen LogP contribution in [0.5, 0.6) is 5.75 Å². The summed E-state index contributed by atoms with van der Waals surface area (Å²) in [6.45, 7) is 6.82. The maximum Gasteiger partial charge on any atom is 0.263 e. The van der Waals surface area contributed by atoms with Crippen molar-refractivity contribution in [2.45, 2.75) is 27.3 Å². The number of hydrogen-bond donors (Lipinski definition) is 1. The van der Waals surface area contributed by atoms with Crippen LogP contribution in [0.15, 0.2) is 65.6 Å². The van der Waals surface area contributed by atoms with Crippen molar-refractivity contribution in [3.05, 3.63) is 93.4 Å². The Balaban J connectivity index is 1.88. The molecule has 0 aliphatic rings. The summed E-state index contributed by atoms with van der Waals surface area (Å²) >= 11 is 0. The molecule has 1 N–H and O–H groups in total. The number of para-hydroxylation sites is 2. The SMILES string of the molecule is CCOc1ccccc1NC(=O)c1cccn(Cc2cc(C)ccc2C)c1=O. The van der Waals surface area contributed by atoms with Crippen molar-refractivity contribution in [2.24, 2.45) is 0 Å². The van der Waals surface area contributed by atoms with Crippen molar-refractivity contribution >= 4 is 11.6 Å². The molecule has 5 heteroatoms. The monoisotopic (exact) mass is 376 g/mol. The van der Waals surface area contributed by atoms with Crippen molar-refractivity contribution in [2.75, 3.05) is 11.9 Å². The quantitative estimate of drug-likeness (QED) is 0.703. The fraction of sp³-hybridized carbons (Fsp3) is 0.217. The third-order valence-corrected chi connectivity index (χ3v) is 4.55. The summed E-state index contributed by atoms with van der Waals surface area (Å²) in [5, 5.41) is 2.79. The Kier molecular flexibility index (Phi) is 5.94. The first-order chi connectivity index (χ1) is 13.5. The molecule has 0 unspecified atom stereocenters. The van der Waals surface area contributed by atoms with E-state index in [9.17, 15) is 9.59 Å². The predicted octanol–water partition coefficient (Wildman–Crippen LogP) is 4.16. The van der Waals surface area contributed by atoms with E-state index in [1.807, 2.05) is 45.0 Å². The minimum Gasteiger partial charge on any atom is -0.492 e. The maximum atomic E-state index is 12.9. The summed E-state index contributed by atoms with van der Waals surface area (Å²) in [4.78, 5) is 25.6. The van der Waals surface area contributed by atoms with Gasteiger partial charge in [0.2, 0.25) is 0 Å². The Morgan fingerprint density at radius 2 is 1.86 bits per heavy atom. The lowest BCUT2D eigenvalue weighted by Gasteiger charge is -2.13. The fourth-order valence-electron chi connectivity index (χ4n) is 3.03. The summed E-state index contributed by atoms with van der Waals surface area (Å²) in [5.74, 6) is 0.123. The molecule has 0 spiro atoms. The Morgan fingerprint density at radius 3 is 2.64 bits per heavy atom. The van der Waals surface area contributed by atoms with E-state index in [1.165, 1.54) is 0 Å². The number of rotatable bonds is 6. The molecule has 3 rings (SSSR count). The summed E-state index contributed by atoms with van der Waals surface area (Å²) in [5.41, 5.74) is 3.61. The fourth-order valence-corrected chi connectivity index (χ4v) is 3.03. The topological polar surface area (TPSA) is 60.3 Å². The highest BCUT2D eigenvalue weighted by atomic mass is 16.5. The van der Waals surface area contributed by atoms with Gasteiger partial charge in [-0.05, 0) is 56.2 Å². The molecule has 0 saturated heterocycles. The second-order valence-electron chi connectivity index (χ2n) is 6.67. The summed E-state index contributed by atoms with van der Waals surface area (Å²) < 4.78 is 7.09. The van der Waals surface area contributed by atoms with Gasteiger partial charge in [-0.25, -0.2) is 0 Å². The van der Waals surface area contributed by atoms with Crippen molar-refractivity contribution in [3.63, 3.8) is 0 Å². The first-order valence-electron chi connectivity index (χ1n) is 9.28. The van der Waals surface area contributed by atoms with Gasteiger partial charge in [-0.15, -0.1) is 0 Å². The molecule has 2 aromatic carbocycles. The van der Waals surface area contributed by atoms with Crippen LogP contribution in [-0.4, -0.2) is 17.1 Å². The van der Waals surface area contributed by atoms with Gasteiger partial charge in [0.15, 0.2) is 0 Å². The lowest BCUT2D eigenvalue weighted by Crippen LogP contribution is -2.29. The number of ether oxygens (including phenoxy) is 1. The van der Waals surface area contributed by atoms with Crippen LogP contribution in [0.3, 0.4) is 0 Å². The molecule has 0 aliphatic heterocycles. The number of amides is 1. The van der Waals surface area contributed by atoms with Gasteiger partial charge in [-0.1, -0.05) is 35.9 Å². The van der Waals surface area contributed by atoms with E-state index >= 15 is 0 Å². The summed E-state index contributed by atoms with van der Waals surface area (Å²) in [6.07, 6.45) is 1.70. The van der Waals surface area contributed by atoms with Crippen LogP contribution in [0.2, 0.25) is 0 Å². The molecule has 3 aromatic rings. The van der Waals surface area contributed by atoms with Crippen LogP contribution < -0.4 is 15.6 Å². The van der Waals surface area contributed by atoms with Crippen molar-refractivity contribution in [1.82, 2.24) is 4.57 Å². The summed E-state index contributed by atoms with van der Waals surface area (Å²) in [6, 6.07) is 16.6. The number of benzene rings is 2. The second kappa shape index (κ2) is 8.57. The molecule has 28 heavy (non-hydrogen) atoms. The van der Waals surface area contributed by atoms with Crippen LogP contribution in [0.25, 0.3) is 0 Å². The first kappa shape index (κ1) is 19.4. The van der Waals surface area contributed by atoms with Crippen LogP contribution in [-0.2, 0) is 6.54 Å². The number of nitrogens with zero attached hydrogens (tertiary/aromatic N) is 1. The molecular weight excluding hydrogens is 352 g/mol. The second-order valence-corrected chi connectivity index (χ2v) is 6.67. The number of carbonyl (C=O) groups excluding carboxylic acids is 1. The molecule has 0 fully saturated rings. The third kappa shape index (κ3) is 4.31. The number of nitrogens with one attached hydrogen (secondary N) is 1. The highest BCUT2D eigenvalue weighted by Crippen LogP contribution is 2.24. The lowest BCUT2D eigenvalue weighted by molar-refractivity contribution is 0.102. The minimum absolute atomic E-state index is 0.0964. The minimum atomic E-state index is -0.451. The van der Waals surface area contributed by atoms with E-state index in [0.717, 1.165) is 16.7 Å². The largest absolute Gasteiger partial charge is 0.492 e. The molecule has 144 valence electrons. The van der Waals surface area contributed by atoms with Gasteiger partial charge >= 0.3 is 0 Å². The molecule has 1 amide bonds. The average Bonchev–Trinajstić information content (AvgIpc) is 2.68. The smallest absolute Gasteiger partial charge is 0.263 e. The van der Waals surface area contributed by atoms with E-state index in [0.29, 0.717) is 24.6 Å². The van der Waals surface area contributed by atoms with Crippen molar-refractivity contribution in [3.8, 4) is 5.75 Å². The van der Waals surface area contributed by atoms with Gasteiger partial charge in [0, 0.05) is 6.20 Å². The first-order valence-corrected chi connectivity index (χ1v) is 9.28. The number of carbonyl (C=O) groups is 1. The van der Waals surface area contributed by atoms with E-state index < -0.39 is 5.91 Å². The van der Waals surface area contributed by atoms with E-state index in [1.54, 1.807) is 35.0 Å². The van der Waals surface area contributed by atoms with Crippen LogP contribution >= 0.6 is 0 Å². The summed E-state index contributed by atoms with van der Waals surface area (Å²) in [7, 11) is 0. The molecule has 0 bridgehead atoms. The van der Waals surface area contributed by atoms with E-state index in [-0.39, 0.29) is 11.1 Å². The highest BCUT2D eigenvalue weighted by Gasteiger charge is 2.15. The van der Waals surface area contributed by atoms with Gasteiger partial charge in [-0.3, -0.25) is 9.59 Å². The molecule has 0 atom stereocenters. The molecule has 0 radical (unpaired) electrons. The zero-order valence-corrected chi connectivity index (χ0v) is 16.4. The normalized spacial score (nSPS) is 10.5. The van der Waals surface area contributed by atoms with Crippen LogP contribution in [0.1, 0.15) is 34.0 Å². The van der Waals surface area contributed by atoms with Crippen molar-refractivity contribution in [1.29, 1.82) is 0 Å². The number of aryl methyl sites for hydroxylation is 2. The standard InChI is InChI=1S/C23H24N2O3/c1-4-28-21-10-6-5-9-20(21)24-22(26)19-8-7-13-25(23(19)27)15-18-14-16(2)11-12-17(18)3/h5-14H,4,15H2,1-3H3,(H,24,26). The predicted molar refractivity (Wildman–Crippen MR) is 111 cm³/mol. The zero-order valence-electron chi connectivity index (χ0n) is 16.4. The Labute approximate surface area is 164 Å². The number of pyridine rings is 1. The van der Waals surface area contributed by atoms with Gasteiger partial charge in [-0.2, -0.15) is 0 Å². The average molecular weight is 376 g/mol. The molecular formula is C23H24N2O3. The van der Waals surface area contributed by atoms with Crippen LogP contribution in [0.4, 0.5) is 5.69 Å². The van der Waals surface area contributed by atoms with Gasteiger partial charge < -0.3 is 14.6 Å². The Morgan fingerprint density at radius 1 is 1.07 bits per heavy atom. The molecule has 1 heterocycles. The zero-order chi connectivity index (χ0) is 20.1. The number of hydrogen-bond acceptors (Lipinski definition) is 3. The van der Waals surface area contributed by atoms with Crippen molar-refractivity contribution < 1.29 is 9.53 Å². The van der Waals surface area contributed by atoms with Gasteiger partial charge in [0.1, 0.15) is 11.3 Å². The van der Waals surface area contributed by atoms with Crippen LogP contribution in [0, 0.1) is 13.8 Å². The highest BCUT2D eigenvalue weighted by molar-refractivity contribution is 6.04. The number of anilines is 1. The number of aromatic nitrogens is 1.